The van der Waals surface area contributed by atoms with Crippen molar-refractivity contribution in [1.82, 2.24) is 4.90 Å². The molecule has 3 rings (SSSR count). The molecule has 1 aliphatic heterocycles. The van der Waals surface area contributed by atoms with Crippen LogP contribution in [-0.4, -0.2) is 35.6 Å². The van der Waals surface area contributed by atoms with E-state index in [-0.39, 0.29) is 17.7 Å². The van der Waals surface area contributed by atoms with E-state index in [1.165, 1.54) is 31.4 Å². The predicted octanol–water partition coefficient (Wildman–Crippen LogP) is 2.73. The van der Waals surface area contributed by atoms with Gasteiger partial charge in [-0.25, -0.2) is 4.39 Å². The normalized spacial score (nSPS) is 27.4. The van der Waals surface area contributed by atoms with Crippen LogP contribution in [0.2, 0.25) is 0 Å². The van der Waals surface area contributed by atoms with Crippen LogP contribution in [0.4, 0.5) is 4.39 Å². The molecule has 1 saturated carbocycles. The molecule has 0 bridgehead atoms. The fraction of sp³-hybridized carbons (Fsp3) is 0.562. The summed E-state index contributed by atoms with van der Waals surface area (Å²) in [6.07, 6.45) is 3.85. The Labute approximate surface area is 118 Å². The highest BCUT2D eigenvalue weighted by molar-refractivity contribution is 5.72. The summed E-state index contributed by atoms with van der Waals surface area (Å²) in [4.78, 5) is 13.7. The molecule has 1 N–H and O–H groups in total. The van der Waals surface area contributed by atoms with Crippen LogP contribution < -0.4 is 0 Å². The summed E-state index contributed by atoms with van der Waals surface area (Å²) in [6.45, 7) is 2.41. The zero-order valence-corrected chi connectivity index (χ0v) is 11.5. The molecule has 1 aromatic carbocycles. The van der Waals surface area contributed by atoms with Crippen molar-refractivity contribution in [2.75, 3.05) is 19.6 Å². The highest BCUT2D eigenvalue weighted by Crippen LogP contribution is 2.35. The number of nitrogens with zero attached hydrogens (tertiary/aromatic N) is 1. The topological polar surface area (TPSA) is 40.5 Å². The smallest absolute Gasteiger partial charge is 0.308 e. The maximum Gasteiger partial charge on any atom is 0.308 e. The van der Waals surface area contributed by atoms with Crippen molar-refractivity contribution in [3.8, 4) is 0 Å². The number of benzene rings is 1. The average Bonchev–Trinajstić information content (AvgIpc) is 2.79. The van der Waals surface area contributed by atoms with Crippen molar-refractivity contribution < 1.29 is 14.3 Å². The number of hydrogen-bond donors (Lipinski definition) is 1. The maximum absolute atomic E-state index is 13.0. The SMILES string of the molecule is O=C(O)[C@@H]1CN(CC2CCC2)C[C@H]1c1ccc(F)cc1. The third-order valence-electron chi connectivity index (χ3n) is 4.75. The van der Waals surface area contributed by atoms with Gasteiger partial charge in [-0.2, -0.15) is 0 Å². The lowest BCUT2D eigenvalue weighted by Crippen LogP contribution is -2.31. The second-order valence-electron chi connectivity index (χ2n) is 6.12. The lowest BCUT2D eigenvalue weighted by molar-refractivity contribution is -0.141. The van der Waals surface area contributed by atoms with Crippen molar-refractivity contribution in [1.29, 1.82) is 0 Å². The van der Waals surface area contributed by atoms with Gasteiger partial charge in [0.1, 0.15) is 5.82 Å². The molecule has 1 aromatic rings. The van der Waals surface area contributed by atoms with Crippen LogP contribution in [0.25, 0.3) is 0 Å². The fourth-order valence-electron chi connectivity index (χ4n) is 3.37. The number of aliphatic carboxylic acids is 1. The van der Waals surface area contributed by atoms with Gasteiger partial charge in [0.15, 0.2) is 0 Å². The molecule has 2 fully saturated rings. The molecule has 2 aliphatic rings. The van der Waals surface area contributed by atoms with Gasteiger partial charge in [-0.05, 0) is 36.5 Å². The lowest BCUT2D eigenvalue weighted by Gasteiger charge is -2.30. The first-order valence-electron chi connectivity index (χ1n) is 7.34. The van der Waals surface area contributed by atoms with Gasteiger partial charge < -0.3 is 10.0 Å². The van der Waals surface area contributed by atoms with Crippen LogP contribution in [0, 0.1) is 17.7 Å². The summed E-state index contributed by atoms with van der Waals surface area (Å²) >= 11 is 0. The van der Waals surface area contributed by atoms with E-state index in [0.29, 0.717) is 6.54 Å². The lowest BCUT2D eigenvalue weighted by atomic mass is 9.85. The first kappa shape index (κ1) is 13.6. The summed E-state index contributed by atoms with van der Waals surface area (Å²) < 4.78 is 13.0. The number of carbonyl (C=O) groups is 1. The summed E-state index contributed by atoms with van der Waals surface area (Å²) in [5.41, 5.74) is 0.940. The van der Waals surface area contributed by atoms with Crippen molar-refractivity contribution in [3.63, 3.8) is 0 Å². The zero-order chi connectivity index (χ0) is 14.1. The van der Waals surface area contributed by atoms with Crippen molar-refractivity contribution >= 4 is 5.97 Å². The van der Waals surface area contributed by atoms with E-state index in [9.17, 15) is 14.3 Å². The Balaban J connectivity index is 1.73. The molecule has 1 saturated heterocycles. The van der Waals surface area contributed by atoms with Crippen molar-refractivity contribution in [2.45, 2.75) is 25.2 Å². The van der Waals surface area contributed by atoms with Gasteiger partial charge in [0.25, 0.3) is 0 Å². The summed E-state index contributed by atoms with van der Waals surface area (Å²) in [5.74, 6) is -0.662. The highest BCUT2D eigenvalue weighted by atomic mass is 19.1. The van der Waals surface area contributed by atoms with E-state index in [0.717, 1.165) is 24.6 Å². The molecule has 0 aromatic heterocycles. The van der Waals surface area contributed by atoms with Gasteiger partial charge in [0.05, 0.1) is 5.92 Å². The summed E-state index contributed by atoms with van der Waals surface area (Å²) in [7, 11) is 0. The van der Waals surface area contributed by atoms with Crippen LogP contribution in [0.15, 0.2) is 24.3 Å². The van der Waals surface area contributed by atoms with Gasteiger partial charge in [-0.1, -0.05) is 18.6 Å². The Hall–Kier alpha value is -1.42. The minimum Gasteiger partial charge on any atom is -0.481 e. The van der Waals surface area contributed by atoms with Gasteiger partial charge in [0, 0.05) is 25.6 Å². The monoisotopic (exact) mass is 277 g/mol. The Morgan fingerprint density at radius 3 is 2.50 bits per heavy atom. The average molecular weight is 277 g/mol. The van der Waals surface area contributed by atoms with Crippen LogP contribution in [0.3, 0.4) is 0 Å². The molecule has 108 valence electrons. The Kier molecular flexibility index (Phi) is 3.74. The molecule has 1 aliphatic carbocycles. The predicted molar refractivity (Wildman–Crippen MR) is 74.0 cm³/mol. The number of carboxylic acid groups (broad SMARTS) is 1. The second-order valence-corrected chi connectivity index (χ2v) is 6.12. The van der Waals surface area contributed by atoms with Gasteiger partial charge in [0.2, 0.25) is 0 Å². The molecule has 20 heavy (non-hydrogen) atoms. The first-order valence-corrected chi connectivity index (χ1v) is 7.34. The number of carboxylic acids is 1. The van der Waals surface area contributed by atoms with Crippen LogP contribution in [-0.2, 0) is 4.79 Å². The van der Waals surface area contributed by atoms with E-state index >= 15 is 0 Å². The molecule has 2 atom stereocenters. The van der Waals surface area contributed by atoms with E-state index in [1.807, 2.05) is 0 Å². The van der Waals surface area contributed by atoms with E-state index in [2.05, 4.69) is 4.90 Å². The standard InChI is InChI=1S/C16H20FNO2/c17-13-6-4-12(5-7-13)14-9-18(8-11-2-1-3-11)10-15(14)16(19)20/h4-7,11,14-15H,1-3,8-10H2,(H,19,20)/t14-,15+/m0/s1. The zero-order valence-electron chi connectivity index (χ0n) is 11.5. The minimum atomic E-state index is -0.740. The fourth-order valence-corrected chi connectivity index (χ4v) is 3.37. The summed E-state index contributed by atoms with van der Waals surface area (Å²) in [5, 5.41) is 9.42. The Morgan fingerprint density at radius 1 is 1.25 bits per heavy atom. The van der Waals surface area contributed by atoms with E-state index in [1.54, 1.807) is 12.1 Å². The quantitative estimate of drug-likeness (QED) is 0.920. The van der Waals surface area contributed by atoms with Crippen LogP contribution >= 0.6 is 0 Å². The third kappa shape index (κ3) is 2.70. The minimum absolute atomic E-state index is 0.0202. The molecule has 0 spiro atoms. The molecule has 0 amide bonds. The van der Waals surface area contributed by atoms with Crippen LogP contribution in [0.1, 0.15) is 30.7 Å². The molecule has 0 radical (unpaired) electrons. The van der Waals surface area contributed by atoms with Crippen LogP contribution in [0.5, 0.6) is 0 Å². The molecule has 3 nitrogen and oxygen atoms in total. The molecular formula is C16H20FNO2. The Morgan fingerprint density at radius 2 is 1.95 bits per heavy atom. The number of rotatable bonds is 4. The van der Waals surface area contributed by atoms with E-state index in [4.69, 9.17) is 0 Å². The summed E-state index contributed by atoms with van der Waals surface area (Å²) in [6, 6.07) is 6.29. The van der Waals surface area contributed by atoms with E-state index < -0.39 is 5.97 Å². The van der Waals surface area contributed by atoms with Crippen molar-refractivity contribution in [2.24, 2.45) is 11.8 Å². The third-order valence-corrected chi connectivity index (χ3v) is 4.75. The number of hydrogen-bond acceptors (Lipinski definition) is 2. The molecular weight excluding hydrogens is 257 g/mol. The molecule has 4 heteroatoms. The largest absolute Gasteiger partial charge is 0.481 e. The van der Waals surface area contributed by atoms with Gasteiger partial charge in [-0.3, -0.25) is 4.79 Å². The van der Waals surface area contributed by atoms with Gasteiger partial charge in [-0.15, -0.1) is 0 Å². The second kappa shape index (κ2) is 5.52. The Bertz CT molecular complexity index is 484. The van der Waals surface area contributed by atoms with Gasteiger partial charge >= 0.3 is 5.97 Å². The highest BCUT2D eigenvalue weighted by Gasteiger charge is 2.39. The number of halogens is 1. The maximum atomic E-state index is 13.0. The van der Waals surface area contributed by atoms with Crippen molar-refractivity contribution in [3.05, 3.63) is 35.6 Å². The number of likely N-dealkylation sites (tertiary alicyclic amines) is 1. The molecule has 1 heterocycles. The first-order chi connectivity index (χ1) is 9.63. The molecule has 0 unspecified atom stereocenters.